The summed E-state index contributed by atoms with van der Waals surface area (Å²) in [7, 11) is 1.61. The van der Waals surface area contributed by atoms with E-state index in [1.165, 1.54) is 6.42 Å². The van der Waals surface area contributed by atoms with Gasteiger partial charge in [0.25, 0.3) is 5.91 Å². The first-order valence-electron chi connectivity index (χ1n) is 11.0. The van der Waals surface area contributed by atoms with Crippen LogP contribution in [0.4, 0.5) is 5.69 Å². The van der Waals surface area contributed by atoms with Gasteiger partial charge in [-0.3, -0.25) is 9.59 Å². The summed E-state index contributed by atoms with van der Waals surface area (Å²) in [6, 6.07) is 14.3. The largest absolute Gasteiger partial charge is 0.497 e. The van der Waals surface area contributed by atoms with Crippen molar-refractivity contribution in [3.8, 4) is 5.75 Å². The van der Waals surface area contributed by atoms with Crippen LogP contribution < -0.4 is 15.4 Å². The van der Waals surface area contributed by atoms with Crippen molar-refractivity contribution in [1.29, 1.82) is 0 Å². The highest BCUT2D eigenvalue weighted by molar-refractivity contribution is 6.01. The van der Waals surface area contributed by atoms with Gasteiger partial charge in [-0.1, -0.05) is 43.5 Å². The van der Waals surface area contributed by atoms with Gasteiger partial charge in [-0.25, -0.2) is 4.79 Å². The van der Waals surface area contributed by atoms with Crippen LogP contribution in [-0.2, 0) is 20.7 Å². The number of carbonyl (C=O) groups is 3. The topological polar surface area (TPSA) is 93.7 Å². The molecule has 7 nitrogen and oxygen atoms in total. The molecule has 2 N–H and O–H groups in total. The first-order chi connectivity index (χ1) is 15.5. The van der Waals surface area contributed by atoms with Gasteiger partial charge in [-0.05, 0) is 49.1 Å². The van der Waals surface area contributed by atoms with Gasteiger partial charge in [-0.15, -0.1) is 0 Å². The molecule has 1 saturated carbocycles. The fourth-order valence-corrected chi connectivity index (χ4v) is 3.76. The van der Waals surface area contributed by atoms with E-state index in [4.69, 9.17) is 9.47 Å². The second-order valence-corrected chi connectivity index (χ2v) is 7.92. The lowest BCUT2D eigenvalue weighted by Crippen LogP contribution is -2.38. The number of esters is 1. The number of ether oxygens (including phenoxy) is 2. The van der Waals surface area contributed by atoms with Crippen LogP contribution in [-0.4, -0.2) is 37.5 Å². The van der Waals surface area contributed by atoms with E-state index < -0.39 is 5.97 Å². The molecule has 0 bridgehead atoms. The zero-order valence-electron chi connectivity index (χ0n) is 18.4. The molecule has 2 aromatic carbocycles. The molecule has 0 saturated heterocycles. The highest BCUT2D eigenvalue weighted by Gasteiger charge is 2.19. The van der Waals surface area contributed by atoms with E-state index in [0.29, 0.717) is 12.1 Å². The highest BCUT2D eigenvalue weighted by Crippen LogP contribution is 2.19. The third kappa shape index (κ3) is 7.11. The summed E-state index contributed by atoms with van der Waals surface area (Å²) >= 11 is 0. The summed E-state index contributed by atoms with van der Waals surface area (Å²) in [5.41, 5.74) is 1.60. The molecular weight excluding hydrogens is 408 g/mol. The number of benzene rings is 2. The molecular formula is C25H30N2O5. The normalized spacial score (nSPS) is 13.8. The summed E-state index contributed by atoms with van der Waals surface area (Å²) in [6.07, 6.45) is 6.16. The molecule has 0 aliphatic heterocycles. The monoisotopic (exact) mass is 438 g/mol. The van der Waals surface area contributed by atoms with E-state index in [9.17, 15) is 14.4 Å². The average molecular weight is 439 g/mol. The lowest BCUT2D eigenvalue weighted by molar-refractivity contribution is -0.125. The molecule has 1 aliphatic rings. The van der Waals surface area contributed by atoms with Crippen molar-refractivity contribution in [3.63, 3.8) is 0 Å². The molecule has 0 aromatic heterocycles. The fraction of sp³-hybridized carbons (Fsp3) is 0.400. The third-order valence-corrected chi connectivity index (χ3v) is 5.53. The molecule has 170 valence electrons. The van der Waals surface area contributed by atoms with Crippen LogP contribution in [0, 0.1) is 0 Å². The zero-order chi connectivity index (χ0) is 22.8. The fourth-order valence-electron chi connectivity index (χ4n) is 3.76. The molecule has 7 heteroatoms. The molecule has 1 aliphatic carbocycles. The van der Waals surface area contributed by atoms with Gasteiger partial charge < -0.3 is 20.1 Å². The van der Waals surface area contributed by atoms with E-state index in [2.05, 4.69) is 10.6 Å². The lowest BCUT2D eigenvalue weighted by Gasteiger charge is -2.22. The summed E-state index contributed by atoms with van der Waals surface area (Å²) < 4.78 is 10.3. The SMILES string of the molecule is COc1ccc(CCC(=O)Nc2ccccc2C(=O)OCC(=O)NC2CCCCC2)cc1. The summed E-state index contributed by atoms with van der Waals surface area (Å²) in [5.74, 6) is -0.393. The first kappa shape index (κ1) is 23.3. The van der Waals surface area contributed by atoms with Crippen LogP contribution in [0.1, 0.15) is 54.4 Å². The summed E-state index contributed by atoms with van der Waals surface area (Å²) in [6.45, 7) is -0.338. The quantitative estimate of drug-likeness (QED) is 0.580. The molecule has 0 radical (unpaired) electrons. The van der Waals surface area contributed by atoms with Crippen molar-refractivity contribution in [2.75, 3.05) is 19.0 Å². The molecule has 0 spiro atoms. The predicted octanol–water partition coefficient (Wildman–Crippen LogP) is 3.87. The van der Waals surface area contributed by atoms with E-state index in [1.807, 2.05) is 24.3 Å². The Morgan fingerprint density at radius 2 is 1.66 bits per heavy atom. The van der Waals surface area contributed by atoms with E-state index in [-0.39, 0.29) is 36.4 Å². The van der Waals surface area contributed by atoms with Gasteiger partial charge in [-0.2, -0.15) is 0 Å². The van der Waals surface area contributed by atoms with Crippen molar-refractivity contribution in [3.05, 3.63) is 59.7 Å². The number of methoxy groups -OCH3 is 1. The second-order valence-electron chi connectivity index (χ2n) is 7.92. The minimum absolute atomic E-state index is 0.159. The van der Waals surface area contributed by atoms with Crippen LogP contribution in [0.2, 0.25) is 0 Å². The highest BCUT2D eigenvalue weighted by atomic mass is 16.5. The van der Waals surface area contributed by atoms with Crippen molar-refractivity contribution in [2.24, 2.45) is 0 Å². The molecule has 2 amide bonds. The van der Waals surface area contributed by atoms with Gasteiger partial charge in [0.15, 0.2) is 6.61 Å². The number of para-hydroxylation sites is 1. The van der Waals surface area contributed by atoms with Crippen LogP contribution in [0.15, 0.2) is 48.5 Å². The Morgan fingerprint density at radius 3 is 2.38 bits per heavy atom. The summed E-state index contributed by atoms with van der Waals surface area (Å²) in [4.78, 5) is 37.0. The standard InChI is InChI=1S/C25H30N2O5/c1-31-20-14-11-18(12-15-20)13-16-23(28)27-22-10-6-5-9-21(22)25(30)32-17-24(29)26-19-7-3-2-4-8-19/h5-6,9-12,14-15,19H,2-4,7-8,13,16-17H2,1H3,(H,26,29)(H,27,28). The number of aryl methyl sites for hydroxylation is 1. The lowest BCUT2D eigenvalue weighted by atomic mass is 9.95. The van der Waals surface area contributed by atoms with E-state index in [1.54, 1.807) is 31.4 Å². The van der Waals surface area contributed by atoms with Crippen molar-refractivity contribution in [1.82, 2.24) is 5.32 Å². The number of hydrogen-bond acceptors (Lipinski definition) is 5. The number of amides is 2. The summed E-state index contributed by atoms with van der Waals surface area (Å²) in [5, 5.41) is 5.69. The minimum atomic E-state index is -0.644. The second kappa shape index (κ2) is 11.9. The van der Waals surface area contributed by atoms with Crippen molar-refractivity contribution < 1.29 is 23.9 Å². The minimum Gasteiger partial charge on any atom is -0.497 e. The van der Waals surface area contributed by atoms with Gasteiger partial charge in [0.2, 0.25) is 5.91 Å². The van der Waals surface area contributed by atoms with Crippen molar-refractivity contribution in [2.45, 2.75) is 51.0 Å². The van der Waals surface area contributed by atoms with E-state index in [0.717, 1.165) is 37.0 Å². The number of anilines is 1. The molecule has 2 aromatic rings. The van der Waals surface area contributed by atoms with Gasteiger partial charge in [0, 0.05) is 12.5 Å². The predicted molar refractivity (Wildman–Crippen MR) is 122 cm³/mol. The third-order valence-electron chi connectivity index (χ3n) is 5.53. The Bertz CT molecular complexity index is 920. The maximum atomic E-state index is 12.5. The average Bonchev–Trinajstić information content (AvgIpc) is 2.82. The van der Waals surface area contributed by atoms with Crippen LogP contribution >= 0.6 is 0 Å². The van der Waals surface area contributed by atoms with Gasteiger partial charge >= 0.3 is 5.97 Å². The Hall–Kier alpha value is -3.35. The number of hydrogen-bond donors (Lipinski definition) is 2. The van der Waals surface area contributed by atoms with E-state index >= 15 is 0 Å². The van der Waals surface area contributed by atoms with Crippen LogP contribution in [0.3, 0.4) is 0 Å². The van der Waals surface area contributed by atoms with Gasteiger partial charge in [0.05, 0.1) is 18.4 Å². The molecule has 32 heavy (non-hydrogen) atoms. The number of carbonyl (C=O) groups excluding carboxylic acids is 3. The van der Waals surface area contributed by atoms with Gasteiger partial charge in [0.1, 0.15) is 5.75 Å². The first-order valence-corrected chi connectivity index (χ1v) is 11.0. The number of rotatable bonds is 9. The molecule has 0 atom stereocenters. The number of nitrogens with one attached hydrogen (secondary N) is 2. The smallest absolute Gasteiger partial charge is 0.340 e. The Morgan fingerprint density at radius 1 is 0.938 bits per heavy atom. The van der Waals surface area contributed by atoms with Crippen LogP contribution in [0.5, 0.6) is 5.75 Å². The maximum absolute atomic E-state index is 12.5. The van der Waals surface area contributed by atoms with Crippen molar-refractivity contribution >= 4 is 23.5 Å². The Balaban J connectivity index is 1.49. The van der Waals surface area contributed by atoms with Crippen LogP contribution in [0.25, 0.3) is 0 Å². The molecule has 0 heterocycles. The maximum Gasteiger partial charge on any atom is 0.340 e. The molecule has 3 rings (SSSR count). The molecule has 1 fully saturated rings. The Kier molecular flexibility index (Phi) is 8.66. The molecule has 0 unspecified atom stereocenters. The Labute approximate surface area is 188 Å². The zero-order valence-corrected chi connectivity index (χ0v) is 18.4.